The quantitative estimate of drug-likeness (QED) is 0.833. The van der Waals surface area contributed by atoms with E-state index in [-0.39, 0.29) is 12.2 Å². The van der Waals surface area contributed by atoms with E-state index in [0.29, 0.717) is 35.8 Å². The highest BCUT2D eigenvalue weighted by molar-refractivity contribution is 6.31. The van der Waals surface area contributed by atoms with Gasteiger partial charge in [0, 0.05) is 6.54 Å². The molecule has 0 unspecified atom stereocenters. The number of aromatic nitrogens is 5. The van der Waals surface area contributed by atoms with Crippen molar-refractivity contribution in [3.05, 3.63) is 22.9 Å². The van der Waals surface area contributed by atoms with Gasteiger partial charge in [-0.3, -0.25) is 5.10 Å². The van der Waals surface area contributed by atoms with Crippen LogP contribution in [0, 0.1) is 6.92 Å². The van der Waals surface area contributed by atoms with Crippen molar-refractivity contribution in [3.63, 3.8) is 0 Å². The molecule has 2 aromatic heterocycles. The Morgan fingerprint density at radius 2 is 2.30 bits per heavy atom. The van der Waals surface area contributed by atoms with Crippen LogP contribution < -0.4 is 10.1 Å². The minimum absolute atomic E-state index is 0.0585. The fraction of sp³-hybridized carbons (Fsp3) is 0.571. The first-order chi connectivity index (χ1) is 11.2. The molecule has 0 radical (unpaired) electrons. The summed E-state index contributed by atoms with van der Waals surface area (Å²) in [6, 6.07) is 0. The summed E-state index contributed by atoms with van der Waals surface area (Å²) >= 11 is 5.97. The molecule has 1 aliphatic heterocycles. The van der Waals surface area contributed by atoms with E-state index >= 15 is 0 Å². The molecule has 8 nitrogen and oxygen atoms in total. The third kappa shape index (κ3) is 3.89. The Balaban J connectivity index is 1.54. The third-order valence-corrected chi connectivity index (χ3v) is 3.75. The molecule has 3 rings (SSSR count). The second-order valence-corrected chi connectivity index (χ2v) is 5.67. The maximum atomic E-state index is 5.97. The van der Waals surface area contributed by atoms with Gasteiger partial charge in [0.15, 0.2) is 5.82 Å². The summed E-state index contributed by atoms with van der Waals surface area (Å²) < 4.78 is 11.3. The van der Waals surface area contributed by atoms with Crippen LogP contribution in [0.25, 0.3) is 0 Å². The molecule has 2 atom stereocenters. The van der Waals surface area contributed by atoms with Crippen LogP contribution in [0.2, 0.25) is 5.02 Å². The second-order valence-electron chi connectivity index (χ2n) is 5.26. The van der Waals surface area contributed by atoms with E-state index in [2.05, 4.69) is 30.5 Å². The standard InChI is InChI=1S/C14H19ClN6O2/c1-3-22-13-10(15)7-17-14(19-13)16-6-9-4-5-11(23-9)12-18-8(2)20-21-12/h7,9,11H,3-6H2,1-2H3,(H,16,17,19)(H,18,20,21)/t9-,11+/m1/s1. The average Bonchev–Trinajstić information content (AvgIpc) is 3.17. The zero-order valence-corrected chi connectivity index (χ0v) is 13.8. The number of aryl methyl sites for hydroxylation is 1. The molecule has 0 aromatic carbocycles. The Morgan fingerprint density at radius 1 is 1.43 bits per heavy atom. The summed E-state index contributed by atoms with van der Waals surface area (Å²) in [5.41, 5.74) is 0. The molecule has 0 amide bonds. The van der Waals surface area contributed by atoms with Crippen molar-refractivity contribution in [3.8, 4) is 5.88 Å². The molecule has 23 heavy (non-hydrogen) atoms. The van der Waals surface area contributed by atoms with Gasteiger partial charge in [0.1, 0.15) is 17.0 Å². The van der Waals surface area contributed by atoms with E-state index in [1.54, 1.807) is 0 Å². The minimum Gasteiger partial charge on any atom is -0.477 e. The highest BCUT2D eigenvalue weighted by Crippen LogP contribution is 2.30. The summed E-state index contributed by atoms with van der Waals surface area (Å²) in [4.78, 5) is 12.7. The number of H-pyrrole nitrogens is 1. The van der Waals surface area contributed by atoms with Gasteiger partial charge < -0.3 is 14.8 Å². The number of halogens is 1. The van der Waals surface area contributed by atoms with Gasteiger partial charge in [-0.1, -0.05) is 11.6 Å². The third-order valence-electron chi connectivity index (χ3n) is 3.49. The van der Waals surface area contributed by atoms with Crippen molar-refractivity contribution in [1.82, 2.24) is 25.1 Å². The second kappa shape index (κ2) is 7.10. The maximum Gasteiger partial charge on any atom is 0.237 e. The molecule has 2 aromatic rings. The number of ether oxygens (including phenoxy) is 2. The molecule has 124 valence electrons. The number of nitrogens with zero attached hydrogens (tertiary/aromatic N) is 4. The van der Waals surface area contributed by atoms with E-state index in [0.717, 1.165) is 18.7 Å². The number of nitrogens with one attached hydrogen (secondary N) is 2. The smallest absolute Gasteiger partial charge is 0.237 e. The number of anilines is 1. The zero-order valence-electron chi connectivity index (χ0n) is 13.0. The highest BCUT2D eigenvalue weighted by Gasteiger charge is 2.29. The Hall–Kier alpha value is -1.93. The average molecular weight is 339 g/mol. The molecule has 1 aliphatic rings. The molecule has 9 heteroatoms. The molecule has 1 saturated heterocycles. The van der Waals surface area contributed by atoms with Crippen LogP contribution in [0.1, 0.15) is 37.5 Å². The van der Waals surface area contributed by atoms with E-state index < -0.39 is 0 Å². The SMILES string of the molecule is CCOc1nc(NC[C@H]2CC[C@@H](c3n[nH]c(C)n3)O2)ncc1Cl. The van der Waals surface area contributed by atoms with Gasteiger partial charge >= 0.3 is 0 Å². The van der Waals surface area contributed by atoms with Crippen LogP contribution in [0.4, 0.5) is 5.95 Å². The van der Waals surface area contributed by atoms with E-state index in [1.165, 1.54) is 6.20 Å². The summed E-state index contributed by atoms with van der Waals surface area (Å²) in [5, 5.41) is 10.5. The van der Waals surface area contributed by atoms with Gasteiger partial charge in [-0.25, -0.2) is 9.97 Å². The van der Waals surface area contributed by atoms with Crippen molar-refractivity contribution in [2.75, 3.05) is 18.5 Å². The predicted octanol–water partition coefficient (Wildman–Crippen LogP) is 2.29. The minimum atomic E-state index is -0.0585. The normalized spacial score (nSPS) is 20.7. The Labute approximate surface area is 139 Å². The topological polar surface area (TPSA) is 97.8 Å². The molecule has 2 N–H and O–H groups in total. The summed E-state index contributed by atoms with van der Waals surface area (Å²) in [5.74, 6) is 2.36. The summed E-state index contributed by atoms with van der Waals surface area (Å²) in [7, 11) is 0. The Kier molecular flexibility index (Phi) is 4.92. The molecule has 0 aliphatic carbocycles. The first kappa shape index (κ1) is 15.9. The van der Waals surface area contributed by atoms with Gasteiger partial charge in [-0.2, -0.15) is 10.1 Å². The molecule has 0 spiro atoms. The number of rotatable bonds is 6. The van der Waals surface area contributed by atoms with Gasteiger partial charge in [-0.15, -0.1) is 0 Å². The lowest BCUT2D eigenvalue weighted by Crippen LogP contribution is -2.20. The fourth-order valence-corrected chi connectivity index (χ4v) is 2.58. The number of hydrogen-bond acceptors (Lipinski definition) is 7. The van der Waals surface area contributed by atoms with E-state index in [1.807, 2.05) is 13.8 Å². The van der Waals surface area contributed by atoms with Crippen LogP contribution in [0.5, 0.6) is 5.88 Å². The largest absolute Gasteiger partial charge is 0.477 e. The molecular weight excluding hydrogens is 320 g/mol. The molecule has 0 saturated carbocycles. The van der Waals surface area contributed by atoms with Crippen molar-refractivity contribution in [2.45, 2.75) is 38.9 Å². The highest BCUT2D eigenvalue weighted by atomic mass is 35.5. The molecular formula is C14H19ClN6O2. The number of aromatic amines is 1. The zero-order chi connectivity index (χ0) is 16.2. The van der Waals surface area contributed by atoms with Crippen LogP contribution >= 0.6 is 11.6 Å². The van der Waals surface area contributed by atoms with Gasteiger partial charge in [0.2, 0.25) is 11.8 Å². The maximum absolute atomic E-state index is 5.97. The fourth-order valence-electron chi connectivity index (χ4n) is 2.43. The van der Waals surface area contributed by atoms with Gasteiger partial charge in [0.05, 0.1) is 18.9 Å². The van der Waals surface area contributed by atoms with Crippen molar-refractivity contribution >= 4 is 17.5 Å². The predicted molar refractivity (Wildman–Crippen MR) is 84.7 cm³/mol. The lowest BCUT2D eigenvalue weighted by Gasteiger charge is -2.13. The van der Waals surface area contributed by atoms with Crippen molar-refractivity contribution in [2.24, 2.45) is 0 Å². The van der Waals surface area contributed by atoms with Crippen molar-refractivity contribution < 1.29 is 9.47 Å². The van der Waals surface area contributed by atoms with Crippen LogP contribution in [-0.4, -0.2) is 44.4 Å². The van der Waals surface area contributed by atoms with Gasteiger partial charge in [-0.05, 0) is 26.7 Å². The lowest BCUT2D eigenvalue weighted by molar-refractivity contribution is 0.0471. The van der Waals surface area contributed by atoms with Gasteiger partial charge in [0.25, 0.3) is 0 Å². The Morgan fingerprint density at radius 3 is 3.04 bits per heavy atom. The van der Waals surface area contributed by atoms with E-state index in [9.17, 15) is 0 Å². The lowest BCUT2D eigenvalue weighted by atomic mass is 10.2. The molecule has 3 heterocycles. The Bertz CT molecular complexity index is 664. The first-order valence-corrected chi connectivity index (χ1v) is 7.97. The monoisotopic (exact) mass is 338 g/mol. The number of hydrogen-bond donors (Lipinski definition) is 2. The van der Waals surface area contributed by atoms with Crippen LogP contribution in [-0.2, 0) is 4.74 Å². The summed E-state index contributed by atoms with van der Waals surface area (Å²) in [6.45, 7) is 4.86. The first-order valence-electron chi connectivity index (χ1n) is 7.59. The van der Waals surface area contributed by atoms with E-state index in [4.69, 9.17) is 21.1 Å². The summed E-state index contributed by atoms with van der Waals surface area (Å²) in [6.07, 6.45) is 3.36. The van der Waals surface area contributed by atoms with Crippen molar-refractivity contribution in [1.29, 1.82) is 0 Å². The molecule has 0 bridgehead atoms. The molecule has 1 fully saturated rings. The van der Waals surface area contributed by atoms with Crippen LogP contribution in [0.3, 0.4) is 0 Å². The van der Waals surface area contributed by atoms with Crippen LogP contribution in [0.15, 0.2) is 6.20 Å².